The molecule has 0 unspecified atom stereocenters. The fourth-order valence-corrected chi connectivity index (χ4v) is 1.98. The largest absolute Gasteiger partial charge is 0.309 e. The molecule has 0 amide bonds. The Kier molecular flexibility index (Phi) is 2.85. The van der Waals surface area contributed by atoms with Crippen LogP contribution < -0.4 is 0 Å². The van der Waals surface area contributed by atoms with E-state index in [0.29, 0.717) is 10.9 Å². The van der Waals surface area contributed by atoms with Crippen molar-refractivity contribution in [1.29, 1.82) is 0 Å². The van der Waals surface area contributed by atoms with E-state index in [9.17, 15) is 0 Å². The molecule has 0 aliphatic carbocycles. The summed E-state index contributed by atoms with van der Waals surface area (Å²) < 4.78 is 2.03. The molecule has 2 heterocycles. The summed E-state index contributed by atoms with van der Waals surface area (Å²) >= 11 is 11.7. The smallest absolute Gasteiger partial charge is 0.160 e. The number of halogens is 2. The van der Waals surface area contributed by atoms with Gasteiger partial charge in [-0.05, 0) is 19.9 Å². The van der Waals surface area contributed by atoms with Gasteiger partial charge in [-0.25, -0.2) is 9.97 Å². The van der Waals surface area contributed by atoms with Crippen molar-refractivity contribution in [3.05, 3.63) is 23.1 Å². The molecule has 2 aromatic heterocycles. The van der Waals surface area contributed by atoms with Gasteiger partial charge in [0.1, 0.15) is 11.3 Å². The van der Waals surface area contributed by atoms with Gasteiger partial charge in [0.05, 0.1) is 10.9 Å². The molecular formula is C10H11Cl2N3. The maximum Gasteiger partial charge on any atom is 0.160 e. The van der Waals surface area contributed by atoms with E-state index in [4.69, 9.17) is 23.2 Å². The van der Waals surface area contributed by atoms with Gasteiger partial charge in [-0.1, -0.05) is 11.6 Å². The van der Waals surface area contributed by atoms with Crippen molar-refractivity contribution >= 4 is 34.4 Å². The molecule has 0 atom stereocenters. The van der Waals surface area contributed by atoms with Gasteiger partial charge in [-0.15, -0.1) is 11.6 Å². The van der Waals surface area contributed by atoms with Gasteiger partial charge < -0.3 is 4.57 Å². The van der Waals surface area contributed by atoms with Crippen LogP contribution >= 0.6 is 23.2 Å². The highest BCUT2D eigenvalue weighted by atomic mass is 35.5. The summed E-state index contributed by atoms with van der Waals surface area (Å²) in [6.45, 7) is 4.15. The minimum atomic E-state index is 0.289. The lowest BCUT2D eigenvalue weighted by molar-refractivity contribution is 0.592. The van der Waals surface area contributed by atoms with Gasteiger partial charge in [0, 0.05) is 12.2 Å². The number of rotatable bonds is 2. The van der Waals surface area contributed by atoms with Crippen molar-refractivity contribution < 1.29 is 0 Å². The van der Waals surface area contributed by atoms with E-state index in [0.717, 1.165) is 17.0 Å². The molecule has 5 heteroatoms. The maximum atomic E-state index is 5.86. The van der Waals surface area contributed by atoms with Gasteiger partial charge in [0.2, 0.25) is 0 Å². The minimum absolute atomic E-state index is 0.289. The Morgan fingerprint density at radius 3 is 2.80 bits per heavy atom. The number of hydrogen-bond acceptors (Lipinski definition) is 2. The molecule has 80 valence electrons. The molecule has 0 N–H and O–H groups in total. The van der Waals surface area contributed by atoms with Gasteiger partial charge in [0.25, 0.3) is 0 Å². The monoisotopic (exact) mass is 243 g/mol. The second-order valence-electron chi connectivity index (χ2n) is 3.62. The lowest BCUT2D eigenvalue weighted by Crippen LogP contribution is -2.05. The fraction of sp³-hybridized carbons (Fsp3) is 0.400. The van der Waals surface area contributed by atoms with Crippen LogP contribution in [0.4, 0.5) is 0 Å². The van der Waals surface area contributed by atoms with Gasteiger partial charge in [-0.2, -0.15) is 0 Å². The van der Waals surface area contributed by atoms with E-state index in [-0.39, 0.29) is 6.04 Å². The van der Waals surface area contributed by atoms with Crippen LogP contribution in [0.25, 0.3) is 11.2 Å². The van der Waals surface area contributed by atoms with E-state index in [1.165, 1.54) is 0 Å². The third-order valence-electron chi connectivity index (χ3n) is 2.21. The summed E-state index contributed by atoms with van der Waals surface area (Å²) in [7, 11) is 0. The Morgan fingerprint density at radius 1 is 1.47 bits per heavy atom. The third-order valence-corrected chi connectivity index (χ3v) is 2.65. The van der Waals surface area contributed by atoms with Crippen LogP contribution in [0.2, 0.25) is 5.02 Å². The third kappa shape index (κ3) is 1.82. The van der Waals surface area contributed by atoms with Gasteiger partial charge in [0.15, 0.2) is 5.65 Å². The van der Waals surface area contributed by atoms with Crippen LogP contribution in [-0.2, 0) is 5.88 Å². The van der Waals surface area contributed by atoms with Crippen molar-refractivity contribution in [2.45, 2.75) is 25.8 Å². The Bertz CT molecular complexity index is 491. The normalized spacial score (nSPS) is 11.5. The first-order chi connectivity index (χ1) is 7.13. The zero-order chi connectivity index (χ0) is 11.0. The predicted octanol–water partition coefficient (Wildman–Crippen LogP) is 3.40. The Balaban J connectivity index is 2.74. The van der Waals surface area contributed by atoms with Crippen LogP contribution in [0, 0.1) is 0 Å². The highest BCUT2D eigenvalue weighted by molar-refractivity contribution is 6.31. The van der Waals surface area contributed by atoms with Crippen LogP contribution in [0.3, 0.4) is 0 Å². The maximum absolute atomic E-state index is 5.86. The molecular weight excluding hydrogens is 233 g/mol. The summed E-state index contributed by atoms with van der Waals surface area (Å²) in [5.41, 5.74) is 1.64. The standard InChI is InChI=1S/C10H11Cl2N3/c1-6(2)15-9(4-11)14-8-3-7(12)5-13-10(8)15/h3,5-6H,4H2,1-2H3. The van der Waals surface area contributed by atoms with Crippen LogP contribution in [0.1, 0.15) is 25.7 Å². The molecule has 0 radical (unpaired) electrons. The molecule has 0 bridgehead atoms. The lowest BCUT2D eigenvalue weighted by Gasteiger charge is -2.10. The van der Waals surface area contributed by atoms with Crippen LogP contribution in [-0.4, -0.2) is 14.5 Å². The molecule has 0 fully saturated rings. The quantitative estimate of drug-likeness (QED) is 0.758. The van der Waals surface area contributed by atoms with Crippen molar-refractivity contribution in [2.24, 2.45) is 0 Å². The molecule has 0 saturated heterocycles. The summed E-state index contributed by atoms with van der Waals surface area (Å²) in [6, 6.07) is 2.09. The number of fused-ring (bicyclic) bond motifs is 1. The molecule has 0 aliphatic heterocycles. The first-order valence-electron chi connectivity index (χ1n) is 4.71. The minimum Gasteiger partial charge on any atom is -0.309 e. The van der Waals surface area contributed by atoms with Crippen molar-refractivity contribution in [3.63, 3.8) is 0 Å². The zero-order valence-corrected chi connectivity index (χ0v) is 10.0. The second-order valence-corrected chi connectivity index (χ2v) is 4.33. The summed E-state index contributed by atoms with van der Waals surface area (Å²) in [5, 5.41) is 0.594. The molecule has 3 nitrogen and oxygen atoms in total. The molecule has 0 saturated carbocycles. The molecule has 0 aromatic carbocycles. The highest BCUT2D eigenvalue weighted by Gasteiger charge is 2.13. The van der Waals surface area contributed by atoms with E-state index in [1.807, 2.05) is 4.57 Å². The topological polar surface area (TPSA) is 30.7 Å². The van der Waals surface area contributed by atoms with E-state index < -0.39 is 0 Å². The fourth-order valence-electron chi connectivity index (χ4n) is 1.64. The SMILES string of the molecule is CC(C)n1c(CCl)nc2cc(Cl)cnc21. The first kappa shape index (κ1) is 10.7. The predicted molar refractivity (Wildman–Crippen MR) is 62.5 cm³/mol. The molecule has 15 heavy (non-hydrogen) atoms. The average molecular weight is 244 g/mol. The first-order valence-corrected chi connectivity index (χ1v) is 5.63. The number of nitrogens with zero attached hydrogens (tertiary/aromatic N) is 3. The van der Waals surface area contributed by atoms with E-state index >= 15 is 0 Å². The lowest BCUT2D eigenvalue weighted by atomic mass is 10.3. The van der Waals surface area contributed by atoms with Gasteiger partial charge >= 0.3 is 0 Å². The molecule has 0 aliphatic rings. The highest BCUT2D eigenvalue weighted by Crippen LogP contribution is 2.22. The van der Waals surface area contributed by atoms with Crippen molar-refractivity contribution in [1.82, 2.24) is 14.5 Å². The van der Waals surface area contributed by atoms with Crippen LogP contribution in [0.15, 0.2) is 12.3 Å². The van der Waals surface area contributed by atoms with Gasteiger partial charge in [-0.3, -0.25) is 0 Å². The second kappa shape index (κ2) is 3.99. The number of pyridine rings is 1. The number of hydrogen-bond donors (Lipinski definition) is 0. The number of aromatic nitrogens is 3. The Morgan fingerprint density at radius 2 is 2.20 bits per heavy atom. The van der Waals surface area contributed by atoms with E-state index in [1.54, 1.807) is 12.3 Å². The Labute approximate surface area is 98.0 Å². The Hall–Kier alpha value is -0.800. The molecule has 2 rings (SSSR count). The summed E-state index contributed by atoms with van der Waals surface area (Å²) in [6.07, 6.45) is 1.63. The molecule has 2 aromatic rings. The number of alkyl halides is 1. The van der Waals surface area contributed by atoms with Crippen LogP contribution in [0.5, 0.6) is 0 Å². The van der Waals surface area contributed by atoms with Crippen molar-refractivity contribution in [2.75, 3.05) is 0 Å². The zero-order valence-electron chi connectivity index (χ0n) is 8.54. The van der Waals surface area contributed by atoms with Crippen molar-refractivity contribution in [3.8, 4) is 0 Å². The molecule has 0 spiro atoms. The average Bonchev–Trinajstić information content (AvgIpc) is 2.54. The number of imidazole rings is 1. The van der Waals surface area contributed by atoms with E-state index in [2.05, 4.69) is 23.8 Å². The summed E-state index contributed by atoms with van der Waals surface area (Å²) in [5.74, 6) is 1.21. The summed E-state index contributed by atoms with van der Waals surface area (Å²) in [4.78, 5) is 8.68.